The molecular weight excluding hydrogens is 550 g/mol. The summed E-state index contributed by atoms with van der Waals surface area (Å²) in [4.78, 5) is 16.5. The van der Waals surface area contributed by atoms with Crippen molar-refractivity contribution in [2.75, 3.05) is 5.75 Å². The highest BCUT2D eigenvalue weighted by atomic mass is 35.5. The summed E-state index contributed by atoms with van der Waals surface area (Å²) in [5.41, 5.74) is 4.96. The Labute approximate surface area is 251 Å². The first kappa shape index (κ1) is 29.4. The van der Waals surface area contributed by atoms with Crippen LogP contribution < -0.4 is 0 Å². The predicted octanol–water partition coefficient (Wildman–Crippen LogP) is 8.79. The fourth-order valence-electron chi connectivity index (χ4n) is 5.18. The molecule has 0 aliphatic heterocycles. The number of rotatable bonds is 11. The van der Waals surface area contributed by atoms with Gasteiger partial charge in [-0.05, 0) is 86.1 Å². The average Bonchev–Trinajstić information content (AvgIpc) is 3.70. The van der Waals surface area contributed by atoms with E-state index < -0.39 is 5.60 Å². The fourth-order valence-corrected chi connectivity index (χ4v) is 6.83. The van der Waals surface area contributed by atoms with Gasteiger partial charge in [0.25, 0.3) is 0 Å². The maximum absolute atomic E-state index is 11.7. The second-order valence-corrected chi connectivity index (χ2v) is 13.0. The summed E-state index contributed by atoms with van der Waals surface area (Å²) < 4.78 is 5.69. The second-order valence-electron chi connectivity index (χ2n) is 11.4. The summed E-state index contributed by atoms with van der Waals surface area (Å²) in [7, 11) is 0. The molecule has 0 bridgehead atoms. The smallest absolute Gasteiger partial charge is 0.303 e. The van der Waals surface area contributed by atoms with Gasteiger partial charge in [-0.25, -0.2) is 4.98 Å². The minimum absolute atomic E-state index is 0.201. The van der Waals surface area contributed by atoms with Gasteiger partial charge in [0.15, 0.2) is 0 Å². The molecule has 1 heterocycles. The Morgan fingerprint density at radius 1 is 1.07 bits per heavy atom. The number of hydrogen-bond donors (Lipinski definition) is 1. The van der Waals surface area contributed by atoms with E-state index in [1.807, 2.05) is 74.1 Å². The Kier molecular flexibility index (Phi) is 8.88. The van der Waals surface area contributed by atoms with Crippen LogP contribution in [0.4, 0.5) is 0 Å². The van der Waals surface area contributed by atoms with E-state index in [-0.39, 0.29) is 16.8 Å². The highest BCUT2D eigenvalue weighted by Crippen LogP contribution is 2.46. The largest absolute Gasteiger partial charge is 0.458 e. The normalized spacial score (nSPS) is 15.2. The van der Waals surface area contributed by atoms with Gasteiger partial charge < -0.3 is 9.84 Å². The van der Waals surface area contributed by atoms with E-state index in [0.717, 1.165) is 64.7 Å². The summed E-state index contributed by atoms with van der Waals surface area (Å²) in [6, 6.07) is 26.6. The number of carbonyl (C=O) groups excluding carboxylic acids is 1. The molecule has 1 unspecified atom stereocenters. The molecule has 0 saturated heterocycles. The highest BCUT2D eigenvalue weighted by molar-refractivity contribution is 7.99. The lowest BCUT2D eigenvalue weighted by molar-refractivity contribution is -0.147. The predicted molar refractivity (Wildman–Crippen MR) is 171 cm³/mol. The number of aryl methyl sites for hydroxylation is 1. The quantitative estimate of drug-likeness (QED) is 0.178. The second kappa shape index (κ2) is 12.4. The minimum atomic E-state index is -0.903. The molecule has 1 aliphatic rings. The van der Waals surface area contributed by atoms with Crippen molar-refractivity contribution in [1.82, 2.24) is 4.98 Å². The zero-order valence-corrected chi connectivity index (χ0v) is 25.3. The highest BCUT2D eigenvalue weighted by Gasteiger charge is 2.46. The van der Waals surface area contributed by atoms with E-state index in [1.54, 1.807) is 0 Å². The molecule has 0 spiro atoms. The van der Waals surface area contributed by atoms with Gasteiger partial charge in [-0.15, -0.1) is 11.8 Å². The molecule has 6 heteroatoms. The molecule has 4 aromatic rings. The van der Waals surface area contributed by atoms with Crippen LogP contribution in [0.15, 0.2) is 78.9 Å². The molecule has 212 valence electrons. The Morgan fingerprint density at radius 2 is 1.85 bits per heavy atom. The Balaban J connectivity index is 1.37. The van der Waals surface area contributed by atoms with Crippen LogP contribution in [0, 0.1) is 0 Å². The minimum Gasteiger partial charge on any atom is -0.458 e. The monoisotopic (exact) mass is 585 g/mol. The third-order valence-corrected chi connectivity index (χ3v) is 9.31. The van der Waals surface area contributed by atoms with Crippen molar-refractivity contribution in [2.45, 2.75) is 62.9 Å². The number of pyridine rings is 1. The van der Waals surface area contributed by atoms with Gasteiger partial charge in [-0.2, -0.15) is 0 Å². The first-order chi connectivity index (χ1) is 19.6. The van der Waals surface area contributed by atoms with Gasteiger partial charge in [0.1, 0.15) is 5.60 Å². The van der Waals surface area contributed by atoms with Crippen molar-refractivity contribution in [3.63, 3.8) is 0 Å². The van der Waals surface area contributed by atoms with Crippen molar-refractivity contribution < 1.29 is 14.6 Å². The first-order valence-corrected chi connectivity index (χ1v) is 15.5. The number of halogens is 1. The molecule has 0 amide bonds. The molecule has 1 aliphatic carbocycles. The number of aliphatic hydroxyl groups is 1. The van der Waals surface area contributed by atoms with Gasteiger partial charge in [0.2, 0.25) is 0 Å². The Bertz CT molecular complexity index is 1570. The summed E-state index contributed by atoms with van der Waals surface area (Å²) in [5, 5.41) is 12.7. The van der Waals surface area contributed by atoms with Gasteiger partial charge in [-0.3, -0.25) is 4.79 Å². The van der Waals surface area contributed by atoms with Crippen LogP contribution in [-0.4, -0.2) is 27.4 Å². The number of esters is 1. The third-order valence-electron chi connectivity index (χ3n) is 7.47. The van der Waals surface area contributed by atoms with Crippen LogP contribution in [-0.2, 0) is 21.6 Å². The van der Waals surface area contributed by atoms with Gasteiger partial charge in [0.05, 0.1) is 16.8 Å². The van der Waals surface area contributed by atoms with E-state index in [1.165, 1.54) is 12.5 Å². The topological polar surface area (TPSA) is 59.4 Å². The van der Waals surface area contributed by atoms with Gasteiger partial charge in [0, 0.05) is 28.3 Å². The zero-order valence-electron chi connectivity index (χ0n) is 23.8. The van der Waals surface area contributed by atoms with Crippen molar-refractivity contribution in [1.29, 1.82) is 0 Å². The van der Waals surface area contributed by atoms with Crippen LogP contribution >= 0.6 is 23.4 Å². The van der Waals surface area contributed by atoms with Crippen LogP contribution in [0.25, 0.3) is 23.1 Å². The molecule has 1 saturated carbocycles. The number of hydrogen-bond acceptors (Lipinski definition) is 5. The number of fused-ring (bicyclic) bond motifs is 1. The van der Waals surface area contributed by atoms with E-state index in [2.05, 4.69) is 42.5 Å². The average molecular weight is 586 g/mol. The Hall–Kier alpha value is -3.12. The van der Waals surface area contributed by atoms with Crippen molar-refractivity contribution in [3.05, 3.63) is 112 Å². The van der Waals surface area contributed by atoms with Crippen molar-refractivity contribution in [2.24, 2.45) is 0 Å². The standard InChI is InChI=1S/C35H36ClNO3S/c1-24(38)40-35(19-20-35)23-41-33(18-14-26-8-4-5-10-31(26)34(2,3)39)28-9-6-7-25(21-28)11-16-30-17-13-27-12-15-29(36)22-32(27)37-30/h4-13,15-17,21-22,33,39H,14,18-20,23H2,1-3H3. The SMILES string of the molecule is CC(=O)OC1(CSC(CCc2ccccc2C(C)(C)O)c2cccc(C=Cc3ccc4ccc(Cl)cc4n3)c2)CC1. The van der Waals surface area contributed by atoms with Gasteiger partial charge >= 0.3 is 5.97 Å². The number of aromatic nitrogens is 1. The summed E-state index contributed by atoms with van der Waals surface area (Å²) >= 11 is 8.03. The van der Waals surface area contributed by atoms with Gasteiger partial charge in [-0.1, -0.05) is 78.3 Å². The molecule has 4 nitrogen and oxygen atoms in total. The van der Waals surface area contributed by atoms with E-state index >= 15 is 0 Å². The number of carbonyl (C=O) groups is 1. The van der Waals surface area contributed by atoms with E-state index in [0.29, 0.717) is 5.02 Å². The first-order valence-electron chi connectivity index (χ1n) is 14.1. The van der Waals surface area contributed by atoms with Crippen molar-refractivity contribution in [3.8, 4) is 0 Å². The summed E-state index contributed by atoms with van der Waals surface area (Å²) in [5.74, 6) is 0.559. The molecule has 1 N–H and O–H groups in total. The third kappa shape index (κ3) is 7.79. The van der Waals surface area contributed by atoms with Crippen LogP contribution in [0.2, 0.25) is 5.02 Å². The molecule has 41 heavy (non-hydrogen) atoms. The lowest BCUT2D eigenvalue weighted by Crippen LogP contribution is -2.21. The van der Waals surface area contributed by atoms with E-state index in [4.69, 9.17) is 21.3 Å². The number of ether oxygens (including phenoxy) is 1. The fraction of sp³-hybridized carbons (Fsp3) is 0.314. The molecule has 1 aromatic heterocycles. The summed E-state index contributed by atoms with van der Waals surface area (Å²) in [6.45, 7) is 5.16. The number of thioether (sulfide) groups is 1. The molecular formula is C35H36ClNO3S. The number of nitrogens with zero attached hydrogens (tertiary/aromatic N) is 1. The van der Waals surface area contributed by atoms with Crippen LogP contribution in [0.3, 0.4) is 0 Å². The maximum atomic E-state index is 11.7. The lowest BCUT2D eigenvalue weighted by Gasteiger charge is -2.24. The van der Waals surface area contributed by atoms with Crippen molar-refractivity contribution >= 4 is 52.4 Å². The van der Waals surface area contributed by atoms with Crippen LogP contribution in [0.5, 0.6) is 0 Å². The zero-order chi connectivity index (χ0) is 29.0. The number of benzene rings is 3. The molecule has 5 rings (SSSR count). The molecule has 3 aromatic carbocycles. The molecule has 0 radical (unpaired) electrons. The lowest BCUT2D eigenvalue weighted by atomic mass is 9.90. The summed E-state index contributed by atoms with van der Waals surface area (Å²) in [6.07, 6.45) is 7.69. The van der Waals surface area contributed by atoms with Crippen LogP contribution in [0.1, 0.15) is 73.2 Å². The Morgan fingerprint density at radius 3 is 2.61 bits per heavy atom. The molecule has 1 fully saturated rings. The molecule has 1 atom stereocenters. The van der Waals surface area contributed by atoms with E-state index in [9.17, 15) is 9.90 Å². The maximum Gasteiger partial charge on any atom is 0.303 e.